The Labute approximate surface area is 127 Å². The van der Waals surface area contributed by atoms with Crippen LogP contribution < -0.4 is 0 Å². The number of amides is 1. The van der Waals surface area contributed by atoms with Gasteiger partial charge in [0, 0.05) is 18.6 Å². The summed E-state index contributed by atoms with van der Waals surface area (Å²) in [5.41, 5.74) is -0.537. The Bertz CT molecular complexity index is 488. The van der Waals surface area contributed by atoms with E-state index in [-0.39, 0.29) is 12.5 Å². The molecule has 0 unspecified atom stereocenters. The third kappa shape index (κ3) is 3.19. The number of hydrogen-bond acceptors (Lipinski definition) is 4. The summed E-state index contributed by atoms with van der Waals surface area (Å²) in [5.74, 6) is -0.810. The number of halogens is 1. The summed E-state index contributed by atoms with van der Waals surface area (Å²) in [6.45, 7) is 1.55. The molecule has 0 heterocycles. The molecule has 1 amide bonds. The predicted octanol–water partition coefficient (Wildman–Crippen LogP) is 1.94. The first-order valence-corrected chi connectivity index (χ1v) is 6.77. The zero-order chi connectivity index (χ0) is 15.3. The lowest BCUT2D eigenvalue weighted by Gasteiger charge is -2.36. The van der Waals surface area contributed by atoms with Crippen LogP contribution in [-0.4, -0.2) is 44.7 Å². The topological polar surface area (TPSA) is 55.8 Å². The molecule has 5 nitrogen and oxygen atoms in total. The maximum Gasteiger partial charge on any atom is 0.336 e. The lowest BCUT2D eigenvalue weighted by molar-refractivity contribution is -0.161. The van der Waals surface area contributed by atoms with Crippen molar-refractivity contribution in [2.75, 3.05) is 27.9 Å². The second kappa shape index (κ2) is 6.85. The van der Waals surface area contributed by atoms with Crippen molar-refractivity contribution in [1.29, 1.82) is 0 Å². The molecule has 0 aliphatic rings. The Balaban J connectivity index is 3.25. The average molecular weight is 344 g/mol. The van der Waals surface area contributed by atoms with Crippen LogP contribution in [0.2, 0.25) is 0 Å². The van der Waals surface area contributed by atoms with Crippen LogP contribution in [0.4, 0.5) is 0 Å². The van der Waals surface area contributed by atoms with Gasteiger partial charge in [0.1, 0.15) is 6.61 Å². The first-order valence-electron chi connectivity index (χ1n) is 5.98. The van der Waals surface area contributed by atoms with Gasteiger partial charge in [-0.3, -0.25) is 4.79 Å². The number of nitrogens with zero attached hydrogens (tertiary/aromatic N) is 1. The number of carbonyl (C=O) groups excluding carboxylic acids is 2. The summed E-state index contributed by atoms with van der Waals surface area (Å²) < 4.78 is 10.6. The number of esters is 1. The van der Waals surface area contributed by atoms with E-state index in [4.69, 9.17) is 9.47 Å². The molecular formula is C14H18BrNO4. The molecule has 1 aromatic rings. The highest BCUT2D eigenvalue weighted by atomic mass is 79.9. The Hall–Kier alpha value is -1.40. The maximum atomic E-state index is 12.2. The second-order valence-corrected chi connectivity index (χ2v) is 5.37. The molecule has 0 saturated heterocycles. The van der Waals surface area contributed by atoms with Gasteiger partial charge in [0.25, 0.3) is 0 Å². The molecule has 0 spiro atoms. The van der Waals surface area contributed by atoms with Crippen LogP contribution in [0.25, 0.3) is 0 Å². The monoisotopic (exact) mass is 343 g/mol. The molecule has 1 rings (SSSR count). The molecule has 0 saturated carbocycles. The summed E-state index contributed by atoms with van der Waals surface area (Å²) >= 11 is 3.34. The van der Waals surface area contributed by atoms with Crippen molar-refractivity contribution in [2.45, 2.75) is 12.5 Å². The van der Waals surface area contributed by atoms with Gasteiger partial charge in [-0.05, 0) is 24.6 Å². The molecule has 0 fully saturated rings. The van der Waals surface area contributed by atoms with Gasteiger partial charge in [0.05, 0.1) is 7.11 Å². The van der Waals surface area contributed by atoms with Gasteiger partial charge in [-0.25, -0.2) is 4.79 Å². The summed E-state index contributed by atoms with van der Waals surface area (Å²) in [7, 11) is 4.29. The highest BCUT2D eigenvalue weighted by molar-refractivity contribution is 9.10. The zero-order valence-electron chi connectivity index (χ0n) is 12.0. The van der Waals surface area contributed by atoms with E-state index in [1.165, 1.54) is 19.1 Å². The number of hydrogen-bond donors (Lipinski definition) is 0. The van der Waals surface area contributed by atoms with E-state index in [1.807, 2.05) is 12.1 Å². The van der Waals surface area contributed by atoms with Gasteiger partial charge < -0.3 is 14.4 Å². The van der Waals surface area contributed by atoms with Gasteiger partial charge in [0.2, 0.25) is 5.91 Å². The first-order chi connectivity index (χ1) is 9.37. The van der Waals surface area contributed by atoms with Crippen LogP contribution in [0.3, 0.4) is 0 Å². The van der Waals surface area contributed by atoms with Crippen LogP contribution in [0.15, 0.2) is 28.7 Å². The van der Waals surface area contributed by atoms with E-state index in [0.717, 1.165) is 4.47 Å². The van der Waals surface area contributed by atoms with Crippen molar-refractivity contribution < 1.29 is 19.1 Å². The molecule has 6 heteroatoms. The fourth-order valence-corrected chi connectivity index (χ4v) is 2.16. The maximum absolute atomic E-state index is 12.2. The van der Waals surface area contributed by atoms with Gasteiger partial charge >= 0.3 is 5.97 Å². The van der Waals surface area contributed by atoms with Crippen molar-refractivity contribution in [1.82, 2.24) is 4.90 Å². The van der Waals surface area contributed by atoms with Crippen molar-refractivity contribution >= 4 is 27.8 Å². The summed E-state index contributed by atoms with van der Waals surface area (Å²) in [5, 5.41) is 0. The van der Waals surface area contributed by atoms with Crippen molar-refractivity contribution in [3.8, 4) is 0 Å². The fraction of sp³-hybridized carbons (Fsp3) is 0.429. The van der Waals surface area contributed by atoms with E-state index >= 15 is 0 Å². The molecule has 0 aliphatic carbocycles. The largest absolute Gasteiger partial charge is 0.467 e. The molecule has 1 aromatic carbocycles. The Morgan fingerprint density at radius 2 is 1.80 bits per heavy atom. The highest BCUT2D eigenvalue weighted by Gasteiger charge is 2.42. The number of carbonyl (C=O) groups is 2. The van der Waals surface area contributed by atoms with Crippen molar-refractivity contribution in [2.24, 2.45) is 0 Å². The number of likely N-dealkylation sites (N-methyl/N-ethyl adjacent to an activating group) is 1. The number of ether oxygens (including phenoxy) is 2. The van der Waals surface area contributed by atoms with E-state index in [1.54, 1.807) is 26.1 Å². The molecule has 0 aromatic heterocycles. The predicted molar refractivity (Wildman–Crippen MR) is 78.2 cm³/mol. The van der Waals surface area contributed by atoms with Gasteiger partial charge in [-0.2, -0.15) is 0 Å². The van der Waals surface area contributed by atoms with Gasteiger partial charge in [-0.1, -0.05) is 28.1 Å². The Morgan fingerprint density at radius 1 is 1.25 bits per heavy atom. The summed E-state index contributed by atoms with van der Waals surface area (Å²) in [6, 6.07) is 7.17. The number of methoxy groups -OCH3 is 2. The molecule has 0 N–H and O–H groups in total. The zero-order valence-corrected chi connectivity index (χ0v) is 13.6. The molecular weight excluding hydrogens is 326 g/mol. The summed E-state index contributed by atoms with van der Waals surface area (Å²) in [4.78, 5) is 25.6. The molecule has 0 bridgehead atoms. The van der Waals surface area contributed by atoms with Crippen LogP contribution in [0, 0.1) is 0 Å². The Kier molecular flexibility index (Phi) is 5.71. The smallest absolute Gasteiger partial charge is 0.336 e. The normalized spacial score (nSPS) is 13.4. The van der Waals surface area contributed by atoms with Gasteiger partial charge in [0.15, 0.2) is 5.54 Å². The number of benzene rings is 1. The average Bonchev–Trinajstić information content (AvgIpc) is 2.45. The fourth-order valence-electron chi connectivity index (χ4n) is 1.89. The van der Waals surface area contributed by atoms with Crippen LogP contribution in [-0.2, 0) is 24.6 Å². The lowest BCUT2D eigenvalue weighted by Crippen LogP contribution is -2.52. The second-order valence-electron chi connectivity index (χ2n) is 4.46. The SMILES string of the molecule is COCC(=O)N(C)[C@@](C)(C(=O)OC)c1ccc(Br)cc1. The third-order valence-corrected chi connectivity index (χ3v) is 3.83. The van der Waals surface area contributed by atoms with Crippen LogP contribution in [0.1, 0.15) is 12.5 Å². The van der Waals surface area contributed by atoms with E-state index in [2.05, 4.69) is 15.9 Å². The van der Waals surface area contributed by atoms with Crippen LogP contribution in [0.5, 0.6) is 0 Å². The van der Waals surface area contributed by atoms with Crippen molar-refractivity contribution in [3.05, 3.63) is 34.3 Å². The van der Waals surface area contributed by atoms with Crippen molar-refractivity contribution in [3.63, 3.8) is 0 Å². The van der Waals surface area contributed by atoms with E-state index in [0.29, 0.717) is 5.56 Å². The lowest BCUT2D eigenvalue weighted by atomic mass is 9.90. The van der Waals surface area contributed by atoms with Crippen LogP contribution >= 0.6 is 15.9 Å². The number of rotatable bonds is 5. The Morgan fingerprint density at radius 3 is 2.25 bits per heavy atom. The van der Waals surface area contributed by atoms with E-state index < -0.39 is 11.5 Å². The summed E-state index contributed by atoms with van der Waals surface area (Å²) in [6.07, 6.45) is 0. The first kappa shape index (κ1) is 16.7. The molecule has 110 valence electrons. The van der Waals surface area contributed by atoms with Gasteiger partial charge in [-0.15, -0.1) is 0 Å². The molecule has 1 atom stereocenters. The quantitative estimate of drug-likeness (QED) is 0.766. The molecule has 0 radical (unpaired) electrons. The molecule has 0 aliphatic heterocycles. The van der Waals surface area contributed by atoms with E-state index in [9.17, 15) is 9.59 Å². The third-order valence-electron chi connectivity index (χ3n) is 3.30. The minimum Gasteiger partial charge on any atom is -0.467 e. The highest BCUT2D eigenvalue weighted by Crippen LogP contribution is 2.30. The standard InChI is InChI=1S/C14H18BrNO4/c1-14(13(18)20-4,16(2)12(17)9-19-3)10-5-7-11(15)8-6-10/h5-8H,9H2,1-4H3/t14-/m1/s1. The minimum absolute atomic E-state index is 0.0976. The molecule has 20 heavy (non-hydrogen) atoms. The minimum atomic E-state index is -1.20.